The number of hydrogen-bond donors (Lipinski definition) is 0. The highest BCUT2D eigenvalue weighted by molar-refractivity contribution is 5.52. The lowest BCUT2D eigenvalue weighted by Gasteiger charge is -2.30. The summed E-state index contributed by atoms with van der Waals surface area (Å²) in [4.78, 5) is 0. The number of aryl methyl sites for hydroxylation is 1. The first-order chi connectivity index (χ1) is 10.8. The zero-order valence-electron chi connectivity index (χ0n) is 13.2. The van der Waals surface area contributed by atoms with Crippen molar-refractivity contribution in [2.75, 3.05) is 6.61 Å². The highest BCUT2D eigenvalue weighted by Crippen LogP contribution is 2.38. The van der Waals surface area contributed by atoms with Crippen molar-refractivity contribution in [3.8, 4) is 5.75 Å². The molecule has 0 saturated heterocycles. The van der Waals surface area contributed by atoms with Crippen LogP contribution < -0.4 is 4.74 Å². The fourth-order valence-corrected chi connectivity index (χ4v) is 2.85. The summed E-state index contributed by atoms with van der Waals surface area (Å²) in [5, 5.41) is 0. The second-order valence-electron chi connectivity index (χ2n) is 5.66. The van der Waals surface area contributed by atoms with Gasteiger partial charge in [-0.1, -0.05) is 60.2 Å². The Morgan fingerprint density at radius 3 is 2.77 bits per heavy atom. The van der Waals surface area contributed by atoms with E-state index in [-0.39, 0.29) is 6.29 Å². The molecule has 0 bridgehead atoms. The van der Waals surface area contributed by atoms with Gasteiger partial charge in [0.15, 0.2) is 0 Å². The van der Waals surface area contributed by atoms with E-state index in [0.29, 0.717) is 12.5 Å². The second-order valence-corrected chi connectivity index (χ2v) is 5.66. The van der Waals surface area contributed by atoms with Crippen molar-refractivity contribution in [2.24, 2.45) is 0 Å². The zero-order chi connectivity index (χ0) is 15.4. The van der Waals surface area contributed by atoms with Gasteiger partial charge in [0.2, 0.25) is 6.29 Å². The topological polar surface area (TPSA) is 18.5 Å². The van der Waals surface area contributed by atoms with Gasteiger partial charge in [0.1, 0.15) is 5.75 Å². The Bertz CT molecular complexity index is 646. The lowest BCUT2D eigenvalue weighted by Crippen LogP contribution is -2.27. The first-order valence-electron chi connectivity index (χ1n) is 7.88. The molecule has 1 aliphatic heterocycles. The maximum Gasteiger partial charge on any atom is 0.200 e. The SMILES string of the molecule is CCOC1CC(/C=C\c2ccccc2)c2cc(C)ccc2O1. The van der Waals surface area contributed by atoms with Crippen LogP contribution >= 0.6 is 0 Å². The Hall–Kier alpha value is -2.06. The predicted molar refractivity (Wildman–Crippen MR) is 90.1 cm³/mol. The standard InChI is InChI=1S/C20H22O2/c1-3-21-20-14-17(11-10-16-7-5-4-6-8-16)18-13-15(2)9-12-19(18)22-20/h4-13,17,20H,3,14H2,1-2H3/b11-10-. The van der Waals surface area contributed by atoms with E-state index < -0.39 is 0 Å². The predicted octanol–water partition coefficient (Wildman–Crippen LogP) is 4.94. The summed E-state index contributed by atoms with van der Waals surface area (Å²) >= 11 is 0. The van der Waals surface area contributed by atoms with E-state index >= 15 is 0 Å². The minimum absolute atomic E-state index is 0.161. The minimum atomic E-state index is -0.161. The van der Waals surface area contributed by atoms with Gasteiger partial charge in [-0.2, -0.15) is 0 Å². The summed E-state index contributed by atoms with van der Waals surface area (Å²) in [7, 11) is 0. The van der Waals surface area contributed by atoms with Crippen molar-refractivity contribution in [1.29, 1.82) is 0 Å². The number of allylic oxidation sites excluding steroid dienone is 1. The van der Waals surface area contributed by atoms with Crippen molar-refractivity contribution in [3.05, 3.63) is 71.3 Å². The minimum Gasteiger partial charge on any atom is -0.465 e. The molecule has 0 aliphatic carbocycles. The van der Waals surface area contributed by atoms with E-state index in [9.17, 15) is 0 Å². The highest BCUT2D eigenvalue weighted by Gasteiger charge is 2.27. The third-order valence-corrected chi connectivity index (χ3v) is 3.94. The smallest absolute Gasteiger partial charge is 0.200 e. The molecule has 2 aromatic carbocycles. The molecular formula is C20H22O2. The molecular weight excluding hydrogens is 272 g/mol. The van der Waals surface area contributed by atoms with E-state index in [1.165, 1.54) is 16.7 Å². The molecule has 2 heteroatoms. The molecule has 0 aromatic heterocycles. The van der Waals surface area contributed by atoms with Gasteiger partial charge < -0.3 is 9.47 Å². The van der Waals surface area contributed by atoms with Crippen LogP contribution in [-0.4, -0.2) is 12.9 Å². The third-order valence-electron chi connectivity index (χ3n) is 3.94. The third kappa shape index (κ3) is 3.40. The summed E-state index contributed by atoms with van der Waals surface area (Å²) in [6.07, 6.45) is 5.14. The molecule has 22 heavy (non-hydrogen) atoms. The number of benzene rings is 2. The highest BCUT2D eigenvalue weighted by atomic mass is 16.7. The summed E-state index contributed by atoms with van der Waals surface area (Å²) < 4.78 is 11.6. The lowest BCUT2D eigenvalue weighted by molar-refractivity contribution is -0.0889. The van der Waals surface area contributed by atoms with E-state index in [1.807, 2.05) is 13.0 Å². The van der Waals surface area contributed by atoms with Gasteiger partial charge in [0.05, 0.1) is 0 Å². The van der Waals surface area contributed by atoms with Crippen LogP contribution in [0.4, 0.5) is 0 Å². The summed E-state index contributed by atoms with van der Waals surface area (Å²) in [5.74, 6) is 1.26. The van der Waals surface area contributed by atoms with Crippen LogP contribution in [-0.2, 0) is 4.74 Å². The summed E-state index contributed by atoms with van der Waals surface area (Å²) in [5.41, 5.74) is 3.73. The maximum absolute atomic E-state index is 5.95. The van der Waals surface area contributed by atoms with Crippen LogP contribution in [0.2, 0.25) is 0 Å². The van der Waals surface area contributed by atoms with Gasteiger partial charge in [-0.25, -0.2) is 0 Å². The fourth-order valence-electron chi connectivity index (χ4n) is 2.85. The van der Waals surface area contributed by atoms with Gasteiger partial charge in [0.25, 0.3) is 0 Å². The van der Waals surface area contributed by atoms with Crippen molar-refractivity contribution < 1.29 is 9.47 Å². The molecule has 3 rings (SSSR count). The van der Waals surface area contributed by atoms with E-state index in [2.05, 4.69) is 61.5 Å². The average molecular weight is 294 g/mol. The van der Waals surface area contributed by atoms with E-state index in [4.69, 9.17) is 9.47 Å². The van der Waals surface area contributed by atoms with Crippen molar-refractivity contribution in [2.45, 2.75) is 32.5 Å². The normalized spacial score (nSPS) is 20.6. The molecule has 0 amide bonds. The quantitative estimate of drug-likeness (QED) is 0.795. The number of hydrogen-bond acceptors (Lipinski definition) is 2. The monoisotopic (exact) mass is 294 g/mol. The molecule has 2 aromatic rings. The zero-order valence-corrected chi connectivity index (χ0v) is 13.2. The van der Waals surface area contributed by atoms with Crippen molar-refractivity contribution >= 4 is 6.08 Å². The Morgan fingerprint density at radius 1 is 1.18 bits per heavy atom. The molecule has 0 spiro atoms. The first-order valence-corrected chi connectivity index (χ1v) is 7.88. The van der Waals surface area contributed by atoms with Crippen LogP contribution in [0, 0.1) is 6.92 Å². The molecule has 0 fully saturated rings. The van der Waals surface area contributed by atoms with E-state index in [0.717, 1.165) is 12.2 Å². The molecule has 2 atom stereocenters. The Labute approximate surface area is 132 Å². The number of ether oxygens (including phenoxy) is 2. The van der Waals surface area contributed by atoms with E-state index in [1.54, 1.807) is 0 Å². The number of fused-ring (bicyclic) bond motifs is 1. The molecule has 0 N–H and O–H groups in total. The van der Waals surface area contributed by atoms with Crippen LogP contribution in [0.1, 0.15) is 36.0 Å². The van der Waals surface area contributed by atoms with Crippen molar-refractivity contribution in [1.82, 2.24) is 0 Å². The van der Waals surface area contributed by atoms with Crippen LogP contribution in [0.3, 0.4) is 0 Å². The Balaban J connectivity index is 1.88. The Morgan fingerprint density at radius 2 is 2.00 bits per heavy atom. The fraction of sp³-hybridized carbons (Fsp3) is 0.300. The van der Waals surface area contributed by atoms with Crippen LogP contribution in [0.5, 0.6) is 5.75 Å². The van der Waals surface area contributed by atoms with Gasteiger partial charge in [-0.15, -0.1) is 0 Å². The molecule has 0 saturated carbocycles. The maximum atomic E-state index is 5.95. The van der Waals surface area contributed by atoms with Gasteiger partial charge >= 0.3 is 0 Å². The molecule has 1 aliphatic rings. The molecule has 2 nitrogen and oxygen atoms in total. The first kappa shape index (κ1) is 14.9. The lowest BCUT2D eigenvalue weighted by atomic mass is 9.90. The molecule has 114 valence electrons. The molecule has 1 heterocycles. The van der Waals surface area contributed by atoms with Gasteiger partial charge in [0, 0.05) is 24.5 Å². The largest absolute Gasteiger partial charge is 0.465 e. The summed E-state index contributed by atoms with van der Waals surface area (Å²) in [6, 6.07) is 16.8. The average Bonchev–Trinajstić information content (AvgIpc) is 2.54. The van der Waals surface area contributed by atoms with Crippen LogP contribution in [0.15, 0.2) is 54.6 Å². The van der Waals surface area contributed by atoms with Gasteiger partial charge in [-0.05, 0) is 25.5 Å². The Kier molecular flexibility index (Phi) is 4.59. The summed E-state index contributed by atoms with van der Waals surface area (Å²) in [6.45, 7) is 4.79. The van der Waals surface area contributed by atoms with Crippen LogP contribution in [0.25, 0.3) is 6.08 Å². The molecule has 0 radical (unpaired) electrons. The number of rotatable bonds is 4. The van der Waals surface area contributed by atoms with Crippen molar-refractivity contribution in [3.63, 3.8) is 0 Å². The van der Waals surface area contributed by atoms with Gasteiger partial charge in [-0.3, -0.25) is 0 Å². The molecule has 2 unspecified atom stereocenters. The second kappa shape index (κ2) is 6.80.